The molecule has 2 aromatic carbocycles. The minimum absolute atomic E-state index is 0.0247. The number of nitro groups is 1. The van der Waals surface area contributed by atoms with Crippen LogP contribution in [0.3, 0.4) is 0 Å². The van der Waals surface area contributed by atoms with Gasteiger partial charge in [-0.2, -0.15) is 0 Å². The average Bonchev–Trinajstić information content (AvgIpc) is 3.03. The van der Waals surface area contributed by atoms with Gasteiger partial charge in [0.2, 0.25) is 0 Å². The maximum absolute atomic E-state index is 11.7. The minimum Gasteiger partial charge on any atom is -0.545 e. The van der Waals surface area contributed by atoms with Crippen molar-refractivity contribution in [2.24, 2.45) is 11.8 Å². The fraction of sp³-hybridized carbons (Fsp3) is 0.409. The van der Waals surface area contributed by atoms with Crippen LogP contribution in [0.2, 0.25) is 0 Å². The number of hydrogen-bond donors (Lipinski definition) is 1. The van der Waals surface area contributed by atoms with E-state index >= 15 is 0 Å². The summed E-state index contributed by atoms with van der Waals surface area (Å²) < 4.78 is 0. The summed E-state index contributed by atoms with van der Waals surface area (Å²) in [5, 5.41) is 26.3. The molecule has 0 amide bonds. The van der Waals surface area contributed by atoms with Crippen LogP contribution in [0.4, 0.5) is 11.4 Å². The highest BCUT2D eigenvalue weighted by Gasteiger charge is 2.50. The summed E-state index contributed by atoms with van der Waals surface area (Å²) in [6.07, 6.45) is 0.792. The summed E-state index contributed by atoms with van der Waals surface area (Å²) in [6.45, 7) is 4.21. The second kappa shape index (κ2) is 8.12. The van der Waals surface area contributed by atoms with Gasteiger partial charge in [0.25, 0.3) is 5.69 Å². The molecule has 158 valence electrons. The lowest BCUT2D eigenvalue weighted by molar-refractivity contribution is -0.387. The lowest BCUT2D eigenvalue weighted by Crippen LogP contribution is -2.41. The monoisotopic (exact) mass is 445 g/mol. The highest BCUT2D eigenvalue weighted by molar-refractivity contribution is 8.00. The van der Waals surface area contributed by atoms with E-state index in [2.05, 4.69) is 19.2 Å². The van der Waals surface area contributed by atoms with Gasteiger partial charge in [-0.1, -0.05) is 44.2 Å². The summed E-state index contributed by atoms with van der Waals surface area (Å²) in [4.78, 5) is 23.3. The normalized spacial score (nSPS) is 27.3. The molecule has 0 radical (unpaired) electrons. The number of nitro benzene ring substituents is 1. The Labute approximate surface area is 184 Å². The maximum Gasteiger partial charge on any atom is 0.282 e. The summed E-state index contributed by atoms with van der Waals surface area (Å²) in [5.74, 6) is -0.776. The number of anilines is 1. The van der Waals surface area contributed by atoms with Gasteiger partial charge in [-0.25, -0.2) is 0 Å². The quantitative estimate of drug-likeness (QED) is 0.419. The Morgan fingerprint density at radius 3 is 2.63 bits per heavy atom. The second-order valence-electron chi connectivity index (χ2n) is 8.22. The van der Waals surface area contributed by atoms with Gasteiger partial charge >= 0.3 is 0 Å². The summed E-state index contributed by atoms with van der Waals surface area (Å²) in [7, 11) is 0. The van der Waals surface area contributed by atoms with Crippen molar-refractivity contribution in [3.8, 4) is 0 Å². The van der Waals surface area contributed by atoms with E-state index in [1.807, 2.05) is 6.07 Å². The highest BCUT2D eigenvalue weighted by Crippen LogP contribution is 2.56. The third kappa shape index (κ3) is 3.54. The molecule has 0 spiro atoms. The lowest BCUT2D eigenvalue weighted by Gasteiger charge is -2.41. The first-order chi connectivity index (χ1) is 14.3. The largest absolute Gasteiger partial charge is 0.545 e. The first-order valence-electron chi connectivity index (χ1n) is 9.94. The Bertz CT molecular complexity index is 999. The molecule has 2 aromatic rings. The van der Waals surface area contributed by atoms with Gasteiger partial charge in [-0.15, -0.1) is 23.4 Å². The smallest absolute Gasteiger partial charge is 0.282 e. The van der Waals surface area contributed by atoms with E-state index in [9.17, 15) is 20.0 Å². The third-order valence-electron chi connectivity index (χ3n) is 6.17. The molecule has 1 aliphatic carbocycles. The lowest BCUT2D eigenvalue weighted by atomic mass is 9.75. The number of hydrogen-bond acceptors (Lipinski definition) is 6. The van der Waals surface area contributed by atoms with Crippen LogP contribution in [-0.4, -0.2) is 27.6 Å². The topological polar surface area (TPSA) is 95.3 Å². The fourth-order valence-corrected chi connectivity index (χ4v) is 6.83. The number of aromatic carboxylic acids is 1. The zero-order chi connectivity index (χ0) is 21.6. The number of alkyl halides is 1. The number of para-hydroxylation sites is 2. The van der Waals surface area contributed by atoms with Crippen LogP contribution in [0.15, 0.2) is 47.4 Å². The fourth-order valence-electron chi connectivity index (χ4n) is 4.88. The molecule has 0 aromatic heterocycles. The molecule has 6 nitrogen and oxygen atoms in total. The van der Waals surface area contributed by atoms with Crippen LogP contribution in [0.1, 0.15) is 42.1 Å². The molecule has 1 N–H and O–H groups in total. The van der Waals surface area contributed by atoms with Gasteiger partial charge in [-0.05, 0) is 29.9 Å². The number of thioether (sulfide) groups is 1. The van der Waals surface area contributed by atoms with E-state index in [4.69, 9.17) is 11.6 Å². The van der Waals surface area contributed by atoms with Crippen molar-refractivity contribution in [3.63, 3.8) is 0 Å². The molecule has 1 saturated carbocycles. The molecule has 5 atom stereocenters. The first-order valence-corrected chi connectivity index (χ1v) is 11.3. The molecule has 1 fully saturated rings. The highest BCUT2D eigenvalue weighted by atomic mass is 35.5. The number of carbonyl (C=O) groups excluding carboxylic acids is 1. The van der Waals surface area contributed by atoms with Crippen molar-refractivity contribution >= 4 is 40.7 Å². The number of benzene rings is 2. The van der Waals surface area contributed by atoms with Crippen molar-refractivity contribution in [1.29, 1.82) is 0 Å². The summed E-state index contributed by atoms with van der Waals surface area (Å²) in [5.41, 5.74) is 1.72. The number of carboxylic acids is 1. The van der Waals surface area contributed by atoms with Gasteiger partial charge in [0.1, 0.15) is 0 Å². The molecule has 1 heterocycles. The summed E-state index contributed by atoms with van der Waals surface area (Å²) >= 11 is 8.43. The van der Waals surface area contributed by atoms with Gasteiger partial charge in [0.15, 0.2) is 0 Å². The number of nitrogens with zero attached hydrogens (tertiary/aromatic N) is 1. The van der Waals surface area contributed by atoms with Crippen molar-refractivity contribution in [1.82, 2.24) is 0 Å². The van der Waals surface area contributed by atoms with E-state index in [0.29, 0.717) is 10.6 Å². The van der Waals surface area contributed by atoms with Crippen LogP contribution < -0.4 is 10.4 Å². The van der Waals surface area contributed by atoms with Crippen molar-refractivity contribution in [2.75, 3.05) is 5.32 Å². The Morgan fingerprint density at radius 2 is 1.97 bits per heavy atom. The Balaban J connectivity index is 1.72. The van der Waals surface area contributed by atoms with Crippen molar-refractivity contribution < 1.29 is 14.8 Å². The van der Waals surface area contributed by atoms with Crippen LogP contribution in [0.5, 0.6) is 0 Å². The standard InChI is InChI=1S/C22H23ClN2O4S/c1-11(2)20-14-10-17(30-16-9-4-3-8-15(16)25(28)29)19(23)18(14)12-6-5-7-13(22(26)27)21(12)24-20/h3-9,11,14,17-20,24H,10H2,1-2H3,(H,26,27)/p-1/t14-,17+,18-,19+,20+/m1/s1. The molecular formula is C22H22ClN2O4S-. The number of nitrogens with one attached hydrogen (secondary N) is 1. The van der Waals surface area contributed by atoms with E-state index in [0.717, 1.165) is 12.0 Å². The van der Waals surface area contributed by atoms with Gasteiger partial charge < -0.3 is 15.2 Å². The molecule has 0 saturated heterocycles. The number of halogens is 1. The Morgan fingerprint density at radius 1 is 1.23 bits per heavy atom. The van der Waals surface area contributed by atoms with Gasteiger partial charge in [0.05, 0.1) is 21.2 Å². The average molecular weight is 446 g/mol. The predicted molar refractivity (Wildman–Crippen MR) is 116 cm³/mol. The van der Waals surface area contributed by atoms with Crippen molar-refractivity contribution in [2.45, 2.75) is 47.8 Å². The Hall–Kier alpha value is -2.25. The zero-order valence-electron chi connectivity index (χ0n) is 16.6. The van der Waals surface area contributed by atoms with E-state index in [-0.39, 0.29) is 50.6 Å². The van der Waals surface area contributed by atoms with Gasteiger partial charge in [-0.3, -0.25) is 10.1 Å². The minimum atomic E-state index is -1.21. The molecule has 4 rings (SSSR count). The first kappa shape index (κ1) is 21.0. The van der Waals surface area contributed by atoms with Gasteiger partial charge in [0, 0.05) is 34.5 Å². The number of carbonyl (C=O) groups is 1. The molecule has 8 heteroatoms. The zero-order valence-corrected chi connectivity index (χ0v) is 18.2. The third-order valence-corrected chi connectivity index (χ3v) is 8.28. The predicted octanol–water partition coefficient (Wildman–Crippen LogP) is 4.28. The van der Waals surface area contributed by atoms with Crippen LogP contribution in [-0.2, 0) is 0 Å². The molecule has 1 aliphatic heterocycles. The van der Waals surface area contributed by atoms with Crippen molar-refractivity contribution in [3.05, 3.63) is 63.7 Å². The van der Waals surface area contributed by atoms with E-state index in [1.165, 1.54) is 17.8 Å². The summed E-state index contributed by atoms with van der Waals surface area (Å²) in [6, 6.07) is 12.0. The number of fused-ring (bicyclic) bond motifs is 3. The number of carboxylic acid groups (broad SMARTS) is 1. The number of rotatable bonds is 5. The second-order valence-corrected chi connectivity index (χ2v) is 10.0. The van der Waals surface area contributed by atoms with E-state index in [1.54, 1.807) is 30.3 Å². The SMILES string of the molecule is CC(C)[C@@H]1Nc2c(C(=O)[O-])cccc2[C@H]2[C@@H](Cl)[C@@H](Sc3ccccc3[N+](=O)[O-])C[C@H]21. The van der Waals surface area contributed by atoms with E-state index < -0.39 is 5.97 Å². The molecule has 2 aliphatic rings. The molecule has 0 unspecified atom stereocenters. The van der Waals surface area contributed by atoms with Crippen LogP contribution in [0.25, 0.3) is 0 Å². The van der Waals surface area contributed by atoms with Crippen LogP contribution in [0, 0.1) is 22.0 Å². The van der Waals surface area contributed by atoms with Crippen LogP contribution >= 0.6 is 23.4 Å². The molecule has 30 heavy (non-hydrogen) atoms. The Kier molecular flexibility index (Phi) is 5.68. The molecular weight excluding hydrogens is 424 g/mol. The molecule has 0 bridgehead atoms. The maximum atomic E-state index is 11.7.